The number of unbranched alkanes of at least 4 members (excludes halogenated alkanes) is 1. The molecule has 0 unspecified atom stereocenters. The molecule has 2 fully saturated rings. The van der Waals surface area contributed by atoms with Crippen LogP contribution in [0.25, 0.3) is 10.4 Å². The lowest BCUT2D eigenvalue weighted by Crippen LogP contribution is -2.74. The number of amides is 4. The molecule has 5 N–H and O–H groups in total. The van der Waals surface area contributed by atoms with E-state index in [4.69, 9.17) is 21.1 Å². The first-order valence-corrected chi connectivity index (χ1v) is 24.0. The molecule has 1 aliphatic heterocycles. The summed E-state index contributed by atoms with van der Waals surface area (Å²) < 4.78 is 12.0. The zero-order chi connectivity index (χ0) is 48.8. The third-order valence-electron chi connectivity index (χ3n) is 12.9. The van der Waals surface area contributed by atoms with Crippen molar-refractivity contribution in [3.05, 3.63) is 99.6 Å². The molecule has 1 aromatic heterocycles. The second-order valence-corrected chi connectivity index (χ2v) is 21.2. The number of aromatic nitrogens is 1. The summed E-state index contributed by atoms with van der Waals surface area (Å²) in [6.07, 6.45) is 0.436. The van der Waals surface area contributed by atoms with Gasteiger partial charge in [-0.05, 0) is 79.6 Å². The molecule has 6 rings (SSSR count). The lowest BCUT2D eigenvalue weighted by atomic mass is 9.49. The van der Waals surface area contributed by atoms with Crippen molar-refractivity contribution in [3.8, 4) is 22.3 Å². The summed E-state index contributed by atoms with van der Waals surface area (Å²) in [7, 11) is 0. The maximum absolute atomic E-state index is 14.1. The zero-order valence-electron chi connectivity index (χ0n) is 39.9. The summed E-state index contributed by atoms with van der Waals surface area (Å²) in [5, 5.41) is 32.6. The molecule has 1 aliphatic carbocycles. The van der Waals surface area contributed by atoms with Gasteiger partial charge >= 0.3 is 0 Å². The van der Waals surface area contributed by atoms with Crippen LogP contribution in [0.1, 0.15) is 108 Å². The number of aliphatic hydroxyl groups excluding tert-OH is 1. The Balaban J connectivity index is 0.906. The Morgan fingerprint density at radius 2 is 1.69 bits per heavy atom. The number of halogens is 1. The molecule has 0 radical (unpaired) electrons. The van der Waals surface area contributed by atoms with Crippen LogP contribution in [0.2, 0.25) is 5.02 Å². The Kier molecular flexibility index (Phi) is 16.1. The Bertz CT molecular complexity index is 2430. The lowest BCUT2D eigenvalue weighted by molar-refractivity contribution is -0.164. The Morgan fingerprint density at radius 1 is 1.00 bits per heavy atom. The Hall–Kier alpha value is -5.53. The number of aliphatic hydroxyl groups is 1. The summed E-state index contributed by atoms with van der Waals surface area (Å²) in [5.41, 5.74) is 5.03. The van der Waals surface area contributed by atoms with Crippen molar-refractivity contribution in [2.75, 3.05) is 31.6 Å². The molecule has 4 aromatic rings. The van der Waals surface area contributed by atoms with Crippen LogP contribution in [0, 0.1) is 34.5 Å². The zero-order valence-corrected chi connectivity index (χ0v) is 41.4. The normalized spacial score (nSPS) is 20.4. The van der Waals surface area contributed by atoms with E-state index in [1.165, 1.54) is 4.90 Å². The lowest BCUT2D eigenvalue weighted by Gasteiger charge is -2.63. The van der Waals surface area contributed by atoms with Crippen molar-refractivity contribution in [1.82, 2.24) is 25.8 Å². The number of β-amino-alcohol motifs (C(OH)–C–C–N with tert-alkyl or cyclic N) is 1. The number of nitriles is 1. The second-order valence-electron chi connectivity index (χ2n) is 19.9. The number of thiazole rings is 1. The summed E-state index contributed by atoms with van der Waals surface area (Å²) in [5.74, 6) is -0.861. The number of hydrogen-bond acceptors (Lipinski definition) is 11. The van der Waals surface area contributed by atoms with Crippen LogP contribution in [-0.4, -0.2) is 95.3 Å². The maximum atomic E-state index is 14.1. The predicted molar refractivity (Wildman–Crippen MR) is 261 cm³/mol. The topological polar surface area (TPSA) is 195 Å². The monoisotopic (exact) mass is 953 g/mol. The molecule has 1 saturated heterocycles. The molecule has 3 aromatic carbocycles. The van der Waals surface area contributed by atoms with Gasteiger partial charge in [0.2, 0.25) is 17.7 Å². The minimum Gasteiger partial charge on any atom is -0.489 e. The van der Waals surface area contributed by atoms with E-state index in [1.54, 1.807) is 41.7 Å². The number of nitrogens with zero attached hydrogens (tertiary/aromatic N) is 3. The van der Waals surface area contributed by atoms with Gasteiger partial charge in [0.25, 0.3) is 5.91 Å². The van der Waals surface area contributed by atoms with E-state index in [0.29, 0.717) is 41.5 Å². The van der Waals surface area contributed by atoms with Crippen molar-refractivity contribution in [3.63, 3.8) is 0 Å². The molecule has 0 spiro atoms. The number of nitrogens with one attached hydrogen (secondary N) is 4. The first-order chi connectivity index (χ1) is 31.6. The summed E-state index contributed by atoms with van der Waals surface area (Å²) in [4.78, 5) is 61.0. The average molecular weight is 955 g/mol. The quantitative estimate of drug-likeness (QED) is 0.0614. The molecule has 4 atom stereocenters. The fourth-order valence-corrected chi connectivity index (χ4v) is 10.5. The van der Waals surface area contributed by atoms with Crippen molar-refractivity contribution < 1.29 is 33.8 Å². The van der Waals surface area contributed by atoms with E-state index in [-0.39, 0.29) is 60.4 Å². The molecule has 1 saturated carbocycles. The molecule has 0 bridgehead atoms. The van der Waals surface area contributed by atoms with Gasteiger partial charge in [-0.3, -0.25) is 19.2 Å². The van der Waals surface area contributed by atoms with Gasteiger partial charge in [-0.25, -0.2) is 4.98 Å². The largest absolute Gasteiger partial charge is 0.489 e. The van der Waals surface area contributed by atoms with E-state index in [1.807, 2.05) is 76.5 Å². The predicted octanol–water partition coefficient (Wildman–Crippen LogP) is 7.83. The van der Waals surface area contributed by atoms with Crippen molar-refractivity contribution in [2.24, 2.45) is 16.2 Å². The standard InChI is InChI=1S/C51H64ClN7O7S/c1-30(32-12-14-33(15-13-32)42-31(2)55-29-67-42)56-45(63)40-24-37(60)27-59(40)46(64)43(49(3,4)5)57-41(61)28-65-23-11-10-22-54-36-19-16-34(17-20-36)44(62)58-47-50(6,7)48(51(47,8)9)66-38-21-18-35(26-53)39(52)25-38/h12-21,25,29-30,37,40,43,47-48,54,60H,10-11,22-24,27-28H2,1-9H3,(H,56,63)(H,57,61)(H,58,62)/t30-,37+,40-,43+,47-,48-/m0/s1. The molecule has 14 nitrogen and oxygen atoms in total. The number of rotatable bonds is 18. The van der Waals surface area contributed by atoms with Gasteiger partial charge in [0.15, 0.2) is 0 Å². The van der Waals surface area contributed by atoms with Crippen molar-refractivity contribution >= 4 is 52.3 Å². The van der Waals surface area contributed by atoms with Gasteiger partial charge in [0.1, 0.15) is 36.6 Å². The van der Waals surface area contributed by atoms with Crippen LogP contribution in [0.5, 0.6) is 5.75 Å². The first-order valence-electron chi connectivity index (χ1n) is 22.8. The molecular weight excluding hydrogens is 890 g/mol. The van der Waals surface area contributed by atoms with Crippen molar-refractivity contribution in [1.29, 1.82) is 5.26 Å². The summed E-state index contributed by atoms with van der Waals surface area (Å²) in [6, 6.07) is 19.9. The van der Waals surface area contributed by atoms with E-state index in [0.717, 1.165) is 33.8 Å². The highest BCUT2D eigenvalue weighted by atomic mass is 35.5. The van der Waals surface area contributed by atoms with Crippen LogP contribution in [0.15, 0.2) is 72.2 Å². The molecule has 16 heteroatoms. The summed E-state index contributed by atoms with van der Waals surface area (Å²) >= 11 is 7.81. The number of benzene rings is 3. The molecule has 2 aliphatic rings. The van der Waals surface area contributed by atoms with Gasteiger partial charge in [-0.1, -0.05) is 84.3 Å². The molecular formula is C51H64ClN7O7S. The molecule has 2 heterocycles. The van der Waals surface area contributed by atoms with Gasteiger partial charge in [0, 0.05) is 60.3 Å². The fourth-order valence-electron chi connectivity index (χ4n) is 9.49. The van der Waals surface area contributed by atoms with Gasteiger partial charge in [0.05, 0.1) is 38.8 Å². The van der Waals surface area contributed by atoms with Crippen LogP contribution in [0.3, 0.4) is 0 Å². The van der Waals surface area contributed by atoms with Gasteiger partial charge < -0.3 is 40.7 Å². The Labute approximate surface area is 403 Å². The highest BCUT2D eigenvalue weighted by Gasteiger charge is 2.64. The minimum absolute atomic E-state index is 0.0187. The van der Waals surface area contributed by atoms with Crippen LogP contribution >= 0.6 is 22.9 Å². The fraction of sp³-hybridized carbons (Fsp3) is 0.490. The number of carbonyl (C=O) groups is 4. The molecule has 358 valence electrons. The van der Waals surface area contributed by atoms with Gasteiger partial charge in [-0.15, -0.1) is 11.3 Å². The smallest absolute Gasteiger partial charge is 0.251 e. The summed E-state index contributed by atoms with van der Waals surface area (Å²) in [6.45, 7) is 18.3. The average Bonchev–Trinajstić information content (AvgIpc) is 3.90. The molecule has 4 amide bonds. The third-order valence-corrected chi connectivity index (χ3v) is 14.2. The third kappa shape index (κ3) is 12.0. The number of likely N-dealkylation sites (tertiary alicyclic amines) is 1. The number of carbonyl (C=O) groups excluding carboxylic acids is 4. The number of hydrogen-bond donors (Lipinski definition) is 5. The highest BCUT2D eigenvalue weighted by Crippen LogP contribution is 2.55. The Morgan fingerprint density at radius 3 is 2.30 bits per heavy atom. The van der Waals surface area contributed by atoms with Gasteiger partial charge in [-0.2, -0.15) is 5.26 Å². The highest BCUT2D eigenvalue weighted by molar-refractivity contribution is 7.13. The van der Waals surface area contributed by atoms with Crippen LogP contribution in [-0.2, 0) is 19.1 Å². The van der Waals surface area contributed by atoms with Crippen LogP contribution < -0.4 is 26.0 Å². The maximum Gasteiger partial charge on any atom is 0.251 e. The van der Waals surface area contributed by atoms with Crippen LogP contribution in [0.4, 0.5) is 5.69 Å². The number of aryl methyl sites for hydroxylation is 1. The minimum atomic E-state index is -0.962. The first kappa shape index (κ1) is 50.9. The number of ether oxygens (including phenoxy) is 2. The van der Waals surface area contributed by atoms with E-state index in [9.17, 15) is 29.5 Å². The van der Waals surface area contributed by atoms with E-state index < -0.39 is 35.4 Å². The SMILES string of the molecule is Cc1ncsc1-c1ccc([C@H](C)NC(=O)[C@@H]2C[C@@H](O)CN2C(=O)[C@@H](NC(=O)COCCCCNc2ccc(C(=O)N[C@H]3C(C)(C)[C@H](Oc4ccc(C#N)c(Cl)c4)C3(C)C)cc2)C(C)(C)C)cc1. The van der Waals surface area contributed by atoms with E-state index >= 15 is 0 Å². The van der Waals surface area contributed by atoms with Crippen molar-refractivity contribution in [2.45, 2.75) is 118 Å². The number of anilines is 1. The second kappa shape index (κ2) is 21.2. The van der Waals surface area contributed by atoms with E-state index in [2.05, 4.69) is 60.0 Å². The molecule has 67 heavy (non-hydrogen) atoms.